The summed E-state index contributed by atoms with van der Waals surface area (Å²) >= 11 is 0. The fourth-order valence-electron chi connectivity index (χ4n) is 6.37. The number of nitrogens with zero attached hydrogens (tertiary/aromatic N) is 1. The molecule has 2 unspecified atom stereocenters. The van der Waals surface area contributed by atoms with Gasteiger partial charge in [-0.15, -0.1) is 0 Å². The van der Waals surface area contributed by atoms with Gasteiger partial charge in [-0.05, 0) is 51.4 Å². The first-order valence-corrected chi connectivity index (χ1v) is 12.1. The van der Waals surface area contributed by atoms with Crippen molar-refractivity contribution in [2.45, 2.75) is 96.9 Å². The molecule has 3 saturated heterocycles. The lowest BCUT2D eigenvalue weighted by atomic mass is 9.70. The van der Waals surface area contributed by atoms with Crippen molar-refractivity contribution in [1.82, 2.24) is 15.5 Å². The van der Waals surface area contributed by atoms with E-state index in [9.17, 15) is 19.5 Å². The molecular formula is C24H41N3O5. The van der Waals surface area contributed by atoms with E-state index in [1.54, 1.807) is 4.90 Å². The van der Waals surface area contributed by atoms with Gasteiger partial charge in [0.25, 0.3) is 0 Å². The number of aliphatic hydroxyl groups is 1. The molecule has 0 aromatic rings. The molecule has 0 aromatic carbocycles. The zero-order chi connectivity index (χ0) is 23.9. The second-order valence-electron chi connectivity index (χ2n) is 11.6. The van der Waals surface area contributed by atoms with Crippen molar-refractivity contribution in [3.05, 3.63) is 0 Å². The van der Waals surface area contributed by atoms with Crippen molar-refractivity contribution in [3.63, 3.8) is 0 Å². The Kier molecular flexibility index (Phi) is 6.97. The summed E-state index contributed by atoms with van der Waals surface area (Å²) in [5, 5.41) is 15.5. The summed E-state index contributed by atoms with van der Waals surface area (Å²) in [6, 6.07) is -0.792. The number of hydrogen-bond donors (Lipinski definition) is 3. The highest BCUT2D eigenvalue weighted by molar-refractivity contribution is 5.99. The van der Waals surface area contributed by atoms with Crippen LogP contribution in [0.4, 0.5) is 0 Å². The SMILES string of the molecule is CCCNC(=O)[C@@H]1[C@@H]2CCC3(O2)C(C(=O)NC(C)(C)CC(C)(C)C)N(CCCO)C(=O)[C@H]13. The summed E-state index contributed by atoms with van der Waals surface area (Å²) in [5.74, 6) is -1.82. The van der Waals surface area contributed by atoms with Crippen LogP contribution in [0, 0.1) is 17.3 Å². The molecule has 5 atom stereocenters. The first-order valence-electron chi connectivity index (χ1n) is 12.1. The first-order chi connectivity index (χ1) is 14.9. The maximum absolute atomic E-state index is 13.7. The molecule has 3 aliphatic heterocycles. The summed E-state index contributed by atoms with van der Waals surface area (Å²) in [7, 11) is 0. The highest BCUT2D eigenvalue weighted by Crippen LogP contribution is 2.58. The molecular weight excluding hydrogens is 410 g/mol. The maximum atomic E-state index is 13.7. The summed E-state index contributed by atoms with van der Waals surface area (Å²) < 4.78 is 6.38. The minimum atomic E-state index is -0.979. The van der Waals surface area contributed by atoms with Crippen molar-refractivity contribution in [1.29, 1.82) is 0 Å². The largest absolute Gasteiger partial charge is 0.396 e. The van der Waals surface area contributed by atoms with Gasteiger partial charge in [0.05, 0.1) is 17.9 Å². The second-order valence-corrected chi connectivity index (χ2v) is 11.6. The van der Waals surface area contributed by atoms with Gasteiger partial charge < -0.3 is 25.4 Å². The zero-order valence-electron chi connectivity index (χ0n) is 20.5. The third-order valence-electron chi connectivity index (χ3n) is 6.89. The van der Waals surface area contributed by atoms with Crippen LogP contribution in [0.3, 0.4) is 0 Å². The van der Waals surface area contributed by atoms with Crippen LogP contribution >= 0.6 is 0 Å². The Labute approximate surface area is 191 Å². The summed E-state index contributed by atoms with van der Waals surface area (Å²) in [6.45, 7) is 13.1. The van der Waals surface area contributed by atoms with Crippen molar-refractivity contribution >= 4 is 17.7 Å². The highest BCUT2D eigenvalue weighted by atomic mass is 16.5. The Hall–Kier alpha value is -1.67. The predicted octanol–water partition coefficient (Wildman–Crippen LogP) is 1.60. The van der Waals surface area contributed by atoms with E-state index in [4.69, 9.17) is 4.74 Å². The number of carbonyl (C=O) groups is 3. The van der Waals surface area contributed by atoms with E-state index in [0.717, 1.165) is 12.8 Å². The Morgan fingerprint density at radius 1 is 1.22 bits per heavy atom. The molecule has 182 valence electrons. The number of ether oxygens (including phenoxy) is 1. The normalized spacial score (nSPS) is 31.7. The van der Waals surface area contributed by atoms with Gasteiger partial charge in [0.1, 0.15) is 11.6 Å². The molecule has 3 amide bonds. The van der Waals surface area contributed by atoms with Crippen molar-refractivity contribution in [3.8, 4) is 0 Å². The molecule has 0 aliphatic carbocycles. The molecule has 0 saturated carbocycles. The van der Waals surface area contributed by atoms with E-state index < -0.39 is 29.0 Å². The third-order valence-corrected chi connectivity index (χ3v) is 6.89. The maximum Gasteiger partial charge on any atom is 0.246 e. The standard InChI is InChI=1S/C24H41N3O5/c1-7-11-25-19(29)16-15-9-10-24(32-15)17(16)21(31)27(12-8-13-28)18(24)20(30)26-23(5,6)14-22(2,3)4/h15-18,28H,7-14H2,1-6H3,(H,25,29)(H,26,30)/t15-,16+,17-,18?,24?/m0/s1. The van der Waals surface area contributed by atoms with E-state index in [1.165, 1.54) is 0 Å². The van der Waals surface area contributed by atoms with Crippen molar-refractivity contribution < 1.29 is 24.2 Å². The number of nitrogens with one attached hydrogen (secondary N) is 2. The molecule has 0 aromatic heterocycles. The van der Waals surface area contributed by atoms with Gasteiger partial charge in [-0.3, -0.25) is 14.4 Å². The molecule has 32 heavy (non-hydrogen) atoms. The van der Waals surface area contributed by atoms with Crippen LogP contribution in [0.5, 0.6) is 0 Å². The van der Waals surface area contributed by atoms with Crippen LogP contribution in [0.2, 0.25) is 0 Å². The zero-order valence-corrected chi connectivity index (χ0v) is 20.5. The molecule has 8 nitrogen and oxygen atoms in total. The number of amides is 3. The Balaban J connectivity index is 1.91. The topological polar surface area (TPSA) is 108 Å². The van der Waals surface area contributed by atoms with E-state index in [1.807, 2.05) is 20.8 Å². The number of rotatable bonds is 9. The number of likely N-dealkylation sites (tertiary alicyclic amines) is 1. The van der Waals surface area contributed by atoms with E-state index in [-0.39, 0.29) is 42.4 Å². The lowest BCUT2D eigenvalue weighted by Gasteiger charge is -2.38. The molecule has 2 bridgehead atoms. The van der Waals surface area contributed by atoms with E-state index in [2.05, 4.69) is 31.4 Å². The molecule has 3 fully saturated rings. The summed E-state index contributed by atoms with van der Waals surface area (Å²) in [6.07, 6.45) is 2.86. The average Bonchev–Trinajstić information content (AvgIpc) is 3.29. The van der Waals surface area contributed by atoms with Gasteiger partial charge in [0.15, 0.2) is 0 Å². The number of fused-ring (bicyclic) bond motifs is 1. The van der Waals surface area contributed by atoms with Gasteiger partial charge in [0.2, 0.25) is 17.7 Å². The molecule has 3 heterocycles. The molecule has 3 N–H and O–H groups in total. The Bertz CT molecular complexity index is 746. The fraction of sp³-hybridized carbons (Fsp3) is 0.875. The monoisotopic (exact) mass is 451 g/mol. The minimum absolute atomic E-state index is 0.0183. The lowest BCUT2D eigenvalue weighted by Crippen LogP contribution is -2.59. The van der Waals surface area contributed by atoms with Crippen LogP contribution in [0.25, 0.3) is 0 Å². The number of aliphatic hydroxyl groups excluding tert-OH is 1. The molecule has 3 rings (SSSR count). The second kappa shape index (κ2) is 8.93. The molecule has 8 heteroatoms. The van der Waals surface area contributed by atoms with Gasteiger partial charge in [0, 0.05) is 25.2 Å². The first kappa shape index (κ1) is 25.0. The highest BCUT2D eigenvalue weighted by Gasteiger charge is 2.74. The van der Waals surface area contributed by atoms with Crippen LogP contribution in [-0.2, 0) is 19.1 Å². The van der Waals surface area contributed by atoms with Crippen LogP contribution in [0.15, 0.2) is 0 Å². The minimum Gasteiger partial charge on any atom is -0.396 e. The number of hydrogen-bond acceptors (Lipinski definition) is 5. The summed E-state index contributed by atoms with van der Waals surface area (Å²) in [5.41, 5.74) is -1.43. The number of carbonyl (C=O) groups excluding carboxylic acids is 3. The molecule has 3 aliphatic rings. The van der Waals surface area contributed by atoms with Crippen LogP contribution in [-0.4, -0.2) is 70.7 Å². The van der Waals surface area contributed by atoms with Gasteiger partial charge in [-0.1, -0.05) is 27.7 Å². The predicted molar refractivity (Wildman–Crippen MR) is 121 cm³/mol. The lowest BCUT2D eigenvalue weighted by molar-refractivity contribution is -0.143. The van der Waals surface area contributed by atoms with Gasteiger partial charge in [-0.2, -0.15) is 0 Å². The van der Waals surface area contributed by atoms with Crippen LogP contribution in [0.1, 0.15) is 73.6 Å². The Morgan fingerprint density at radius 2 is 1.91 bits per heavy atom. The van der Waals surface area contributed by atoms with Crippen LogP contribution < -0.4 is 10.6 Å². The Morgan fingerprint density at radius 3 is 2.50 bits per heavy atom. The van der Waals surface area contributed by atoms with Crippen molar-refractivity contribution in [2.24, 2.45) is 17.3 Å². The average molecular weight is 452 g/mol. The van der Waals surface area contributed by atoms with Gasteiger partial charge in [-0.25, -0.2) is 0 Å². The quantitative estimate of drug-likeness (QED) is 0.494. The van der Waals surface area contributed by atoms with Gasteiger partial charge >= 0.3 is 0 Å². The van der Waals surface area contributed by atoms with Crippen molar-refractivity contribution in [2.75, 3.05) is 19.7 Å². The summed E-state index contributed by atoms with van der Waals surface area (Å²) in [4.78, 5) is 41.8. The molecule has 0 radical (unpaired) electrons. The van der Waals surface area contributed by atoms with E-state index >= 15 is 0 Å². The third kappa shape index (κ3) is 4.53. The molecule has 1 spiro atoms. The fourth-order valence-corrected chi connectivity index (χ4v) is 6.37. The van der Waals surface area contributed by atoms with E-state index in [0.29, 0.717) is 25.8 Å². The smallest absolute Gasteiger partial charge is 0.246 e.